The first-order valence-corrected chi connectivity index (χ1v) is 7.38. The van der Waals surface area contributed by atoms with Crippen LogP contribution in [0.25, 0.3) is 11.0 Å². The summed E-state index contributed by atoms with van der Waals surface area (Å²) in [6.07, 6.45) is 0. The Kier molecular flexibility index (Phi) is 5.42. The minimum Gasteiger partial charge on any atom is -0.377 e. The van der Waals surface area contributed by atoms with Gasteiger partial charge in [-0.25, -0.2) is 4.63 Å². The Morgan fingerprint density at radius 2 is 1.87 bits per heavy atom. The number of hydrogen-bond acceptors (Lipinski definition) is 8. The number of nitro benzene ring substituents is 1. The van der Waals surface area contributed by atoms with Gasteiger partial charge >= 0.3 is 5.69 Å². The Hall–Kier alpha value is -2.30. The Bertz CT molecular complexity index is 667. The fourth-order valence-corrected chi connectivity index (χ4v) is 2.56. The molecule has 5 N–H and O–H groups in total. The molecule has 10 nitrogen and oxygen atoms in total. The van der Waals surface area contributed by atoms with Crippen molar-refractivity contribution < 1.29 is 14.0 Å². The molecule has 0 atom stereocenters. The fourth-order valence-electron chi connectivity index (χ4n) is 2.56. The fraction of sp³-hybridized carbons (Fsp3) is 0.538. The maximum Gasteiger partial charge on any atom is 0.300 e. The highest BCUT2D eigenvalue weighted by Crippen LogP contribution is 2.28. The highest BCUT2D eigenvalue weighted by molar-refractivity contribution is 5.93. The zero-order valence-electron chi connectivity index (χ0n) is 13.1. The summed E-state index contributed by atoms with van der Waals surface area (Å²) in [4.78, 5) is 10.5. The number of hydrogen-bond donors (Lipinski definition) is 3. The van der Waals surface area contributed by atoms with E-state index in [1.54, 1.807) is 6.07 Å². The van der Waals surface area contributed by atoms with Crippen molar-refractivity contribution >= 4 is 22.4 Å². The van der Waals surface area contributed by atoms with Crippen molar-refractivity contribution in [3.63, 3.8) is 0 Å². The lowest BCUT2D eigenvalue weighted by Crippen LogP contribution is -2.52. The predicted molar refractivity (Wildman–Crippen MR) is 85.8 cm³/mol. The van der Waals surface area contributed by atoms with Gasteiger partial charge in [-0.05, 0) is 16.4 Å². The average Bonchev–Trinajstić information content (AvgIpc) is 2.97. The van der Waals surface area contributed by atoms with E-state index in [2.05, 4.69) is 27.3 Å². The molecule has 0 aliphatic rings. The van der Waals surface area contributed by atoms with E-state index in [4.69, 9.17) is 11.5 Å². The molecule has 10 heteroatoms. The van der Waals surface area contributed by atoms with E-state index < -0.39 is 4.92 Å². The third-order valence-corrected chi connectivity index (χ3v) is 3.90. The Morgan fingerprint density at radius 1 is 1.22 bits per heavy atom. The number of nitro groups is 1. The van der Waals surface area contributed by atoms with Gasteiger partial charge in [0.1, 0.15) is 0 Å². The van der Waals surface area contributed by atoms with Crippen molar-refractivity contribution in [2.45, 2.75) is 0 Å². The number of aromatic nitrogens is 2. The molecule has 126 valence electrons. The van der Waals surface area contributed by atoms with Gasteiger partial charge in [-0.15, -0.1) is 0 Å². The summed E-state index contributed by atoms with van der Waals surface area (Å²) in [6, 6.07) is 3.00. The van der Waals surface area contributed by atoms with Gasteiger partial charge in [0.15, 0.2) is 5.52 Å². The van der Waals surface area contributed by atoms with Gasteiger partial charge in [0.05, 0.1) is 43.8 Å². The summed E-state index contributed by atoms with van der Waals surface area (Å²) in [5.41, 5.74) is 12.3. The van der Waals surface area contributed by atoms with Gasteiger partial charge in [-0.2, -0.15) is 0 Å². The van der Waals surface area contributed by atoms with Crippen LogP contribution in [0.2, 0.25) is 0 Å². The van der Waals surface area contributed by atoms with E-state index in [1.807, 2.05) is 0 Å². The first-order chi connectivity index (χ1) is 11.0. The first-order valence-electron chi connectivity index (χ1n) is 7.38. The molecule has 23 heavy (non-hydrogen) atoms. The summed E-state index contributed by atoms with van der Waals surface area (Å²) in [6.45, 7) is 4.31. The predicted octanol–water partition coefficient (Wildman–Crippen LogP) is -0.0931. The van der Waals surface area contributed by atoms with E-state index in [0.29, 0.717) is 30.8 Å². The Balaban J connectivity index is 2.09. The number of quaternary nitrogens is 1. The van der Waals surface area contributed by atoms with Crippen LogP contribution in [0.3, 0.4) is 0 Å². The second kappa shape index (κ2) is 7.31. The number of nitrogens with one attached hydrogen (secondary N) is 1. The average molecular weight is 324 g/mol. The summed E-state index contributed by atoms with van der Waals surface area (Å²) < 4.78 is 5.40. The van der Waals surface area contributed by atoms with Crippen molar-refractivity contribution in [3.8, 4) is 0 Å². The lowest BCUT2D eigenvalue weighted by atomic mass is 10.2. The number of fused-ring (bicyclic) bond motifs is 1. The van der Waals surface area contributed by atoms with Gasteiger partial charge in [-0.3, -0.25) is 10.1 Å². The van der Waals surface area contributed by atoms with Crippen molar-refractivity contribution in [1.82, 2.24) is 10.3 Å². The molecule has 0 aliphatic carbocycles. The minimum absolute atomic E-state index is 0.126. The molecule has 0 amide bonds. The third-order valence-electron chi connectivity index (χ3n) is 3.90. The second-order valence-electron chi connectivity index (χ2n) is 5.65. The number of non-ortho nitro benzene ring substituents is 1. The van der Waals surface area contributed by atoms with Gasteiger partial charge in [-0.1, -0.05) is 0 Å². The SMILES string of the molecule is C[N+](CCN)(CCN)CCNc1ccc([N+](=O)[O-])c2nonc12. The number of nitrogens with zero attached hydrogens (tertiary/aromatic N) is 4. The Morgan fingerprint density at radius 3 is 2.48 bits per heavy atom. The van der Waals surface area contributed by atoms with Crippen LogP contribution in [0.15, 0.2) is 16.8 Å². The zero-order valence-corrected chi connectivity index (χ0v) is 13.1. The molecule has 1 aromatic carbocycles. The molecule has 2 rings (SSSR count). The third kappa shape index (κ3) is 3.92. The number of anilines is 1. The molecule has 0 radical (unpaired) electrons. The van der Waals surface area contributed by atoms with Crippen LogP contribution in [0.1, 0.15) is 0 Å². The monoisotopic (exact) mass is 324 g/mol. The molecule has 0 saturated heterocycles. The van der Waals surface area contributed by atoms with Crippen LogP contribution >= 0.6 is 0 Å². The molecule has 2 aromatic rings. The highest BCUT2D eigenvalue weighted by Gasteiger charge is 2.21. The molecule has 0 fully saturated rings. The molecule has 1 aromatic heterocycles. The van der Waals surface area contributed by atoms with Crippen LogP contribution in [-0.4, -0.2) is 66.0 Å². The smallest absolute Gasteiger partial charge is 0.300 e. The normalized spacial score (nSPS) is 11.8. The molecule has 0 aliphatic heterocycles. The molecular formula is C13H22N7O3+. The zero-order chi connectivity index (χ0) is 16.9. The summed E-state index contributed by atoms with van der Waals surface area (Å²) in [5.74, 6) is 0. The van der Waals surface area contributed by atoms with Crippen LogP contribution in [0, 0.1) is 10.1 Å². The molecule has 0 bridgehead atoms. The van der Waals surface area contributed by atoms with Crippen LogP contribution in [0.5, 0.6) is 0 Å². The van der Waals surface area contributed by atoms with Gasteiger partial charge in [0.25, 0.3) is 0 Å². The molecule has 0 unspecified atom stereocenters. The summed E-state index contributed by atoms with van der Waals surface area (Å²) in [5, 5.41) is 21.6. The second-order valence-corrected chi connectivity index (χ2v) is 5.65. The quantitative estimate of drug-likeness (QED) is 0.329. The van der Waals surface area contributed by atoms with Crippen molar-refractivity contribution in [2.75, 3.05) is 51.6 Å². The topological polar surface area (TPSA) is 146 Å². The molecular weight excluding hydrogens is 302 g/mol. The lowest BCUT2D eigenvalue weighted by molar-refractivity contribution is -0.905. The Labute approximate surface area is 133 Å². The minimum atomic E-state index is -0.507. The van der Waals surface area contributed by atoms with Crippen molar-refractivity contribution in [2.24, 2.45) is 11.5 Å². The van der Waals surface area contributed by atoms with Gasteiger partial charge in [0.2, 0.25) is 5.52 Å². The summed E-state index contributed by atoms with van der Waals surface area (Å²) in [7, 11) is 2.10. The van der Waals surface area contributed by atoms with Crippen LogP contribution < -0.4 is 16.8 Å². The lowest BCUT2D eigenvalue weighted by Gasteiger charge is -2.34. The van der Waals surface area contributed by atoms with E-state index >= 15 is 0 Å². The van der Waals surface area contributed by atoms with E-state index in [0.717, 1.165) is 24.1 Å². The summed E-state index contributed by atoms with van der Waals surface area (Å²) >= 11 is 0. The number of likely N-dealkylation sites (N-methyl/N-ethyl adjacent to an activating group) is 1. The van der Waals surface area contributed by atoms with Crippen LogP contribution in [-0.2, 0) is 0 Å². The highest BCUT2D eigenvalue weighted by atomic mass is 16.6. The van der Waals surface area contributed by atoms with Gasteiger partial charge in [0, 0.05) is 19.2 Å². The van der Waals surface area contributed by atoms with E-state index in [9.17, 15) is 10.1 Å². The van der Waals surface area contributed by atoms with Crippen molar-refractivity contribution in [3.05, 3.63) is 22.2 Å². The van der Waals surface area contributed by atoms with Crippen LogP contribution in [0.4, 0.5) is 11.4 Å². The van der Waals surface area contributed by atoms with E-state index in [1.165, 1.54) is 6.07 Å². The number of nitrogens with two attached hydrogens (primary N) is 2. The molecule has 1 heterocycles. The maximum absolute atomic E-state index is 11.0. The standard InChI is InChI=1S/C13H22N7O3/c1-20(7-4-14,8-5-15)9-6-16-10-2-3-11(19(21)22)13-12(10)17-23-18-13/h2-3,16H,4-9,14-15H2,1H3/q+1. The largest absolute Gasteiger partial charge is 0.377 e. The van der Waals surface area contributed by atoms with E-state index in [-0.39, 0.29) is 11.2 Å². The first kappa shape index (κ1) is 17.1. The number of rotatable bonds is 9. The van der Waals surface area contributed by atoms with Crippen molar-refractivity contribution in [1.29, 1.82) is 0 Å². The molecule has 0 saturated carbocycles. The maximum atomic E-state index is 11.0. The molecule has 0 spiro atoms. The number of benzene rings is 1. The van der Waals surface area contributed by atoms with Gasteiger partial charge < -0.3 is 21.3 Å².